The van der Waals surface area contributed by atoms with Gasteiger partial charge in [0.25, 0.3) is 10.0 Å². The summed E-state index contributed by atoms with van der Waals surface area (Å²) < 4.78 is 31.9. The van der Waals surface area contributed by atoms with Gasteiger partial charge in [0.15, 0.2) is 0 Å². The van der Waals surface area contributed by atoms with Crippen molar-refractivity contribution in [3.8, 4) is 0 Å². The zero-order chi connectivity index (χ0) is 14.0. The summed E-state index contributed by atoms with van der Waals surface area (Å²) in [6.45, 7) is 1.16. The Morgan fingerprint density at radius 1 is 1.37 bits per heavy atom. The van der Waals surface area contributed by atoms with Crippen LogP contribution in [0.25, 0.3) is 0 Å². The Morgan fingerprint density at radius 3 is 2.63 bits per heavy atom. The third kappa shape index (κ3) is 2.91. The van der Waals surface area contributed by atoms with Crippen molar-refractivity contribution in [2.75, 3.05) is 4.72 Å². The van der Waals surface area contributed by atoms with E-state index >= 15 is 0 Å². The predicted molar refractivity (Wildman–Crippen MR) is 71.6 cm³/mol. The summed E-state index contributed by atoms with van der Waals surface area (Å²) in [5.74, 6) is 0.403. The number of sulfonamides is 1. The molecule has 2 N–H and O–H groups in total. The fraction of sp³-hybridized carbons (Fsp3) is 0.167. The lowest BCUT2D eigenvalue weighted by atomic mass is 10.3. The average Bonchev–Trinajstić information content (AvgIpc) is 2.74. The van der Waals surface area contributed by atoms with Crippen LogP contribution in [0.1, 0.15) is 11.5 Å². The quantitative estimate of drug-likeness (QED) is 0.909. The molecule has 0 amide bonds. The highest BCUT2D eigenvalue weighted by atomic mass is 35.5. The third-order valence-electron chi connectivity index (χ3n) is 2.49. The van der Waals surface area contributed by atoms with Gasteiger partial charge in [-0.25, -0.2) is 8.42 Å². The van der Waals surface area contributed by atoms with Crippen LogP contribution in [0.2, 0.25) is 5.02 Å². The Bertz CT molecular complexity index is 694. The van der Waals surface area contributed by atoms with Gasteiger partial charge < -0.3 is 9.52 Å². The molecule has 0 bridgehead atoms. The Morgan fingerprint density at radius 2 is 2.05 bits per heavy atom. The molecule has 5 nitrogen and oxygen atoms in total. The van der Waals surface area contributed by atoms with Crippen molar-refractivity contribution in [3.05, 3.63) is 46.9 Å². The summed E-state index contributed by atoms with van der Waals surface area (Å²) in [6.07, 6.45) is 0. The van der Waals surface area contributed by atoms with E-state index in [-0.39, 0.29) is 28.7 Å². The van der Waals surface area contributed by atoms with Gasteiger partial charge in [-0.2, -0.15) is 0 Å². The van der Waals surface area contributed by atoms with E-state index in [2.05, 4.69) is 4.72 Å². The maximum Gasteiger partial charge on any atom is 0.265 e. The fourth-order valence-electron chi connectivity index (χ4n) is 1.61. The van der Waals surface area contributed by atoms with Crippen LogP contribution in [0.3, 0.4) is 0 Å². The van der Waals surface area contributed by atoms with Gasteiger partial charge in [0.05, 0.1) is 10.7 Å². The fourth-order valence-corrected chi connectivity index (χ4v) is 3.14. The molecule has 2 aromatic rings. The van der Waals surface area contributed by atoms with E-state index in [1.165, 1.54) is 13.0 Å². The van der Waals surface area contributed by atoms with Crippen LogP contribution < -0.4 is 4.72 Å². The van der Waals surface area contributed by atoms with Crippen molar-refractivity contribution in [2.45, 2.75) is 18.4 Å². The lowest BCUT2D eigenvalue weighted by Gasteiger charge is -2.08. The van der Waals surface area contributed by atoms with Gasteiger partial charge in [0.1, 0.15) is 23.0 Å². The largest absolute Gasteiger partial charge is 0.462 e. The number of para-hydroxylation sites is 1. The molecule has 0 saturated carbocycles. The monoisotopic (exact) mass is 301 g/mol. The number of hydrogen-bond acceptors (Lipinski definition) is 4. The van der Waals surface area contributed by atoms with E-state index in [9.17, 15) is 8.42 Å². The smallest absolute Gasteiger partial charge is 0.265 e. The lowest BCUT2D eigenvalue weighted by molar-refractivity contribution is 0.245. The number of furan rings is 1. The van der Waals surface area contributed by atoms with E-state index < -0.39 is 10.0 Å². The second kappa shape index (κ2) is 5.24. The predicted octanol–water partition coefficient (Wildman–Crippen LogP) is 2.53. The van der Waals surface area contributed by atoms with Gasteiger partial charge in [-0.15, -0.1) is 0 Å². The number of aryl methyl sites for hydroxylation is 1. The molecule has 102 valence electrons. The molecule has 0 fully saturated rings. The number of nitrogens with one attached hydrogen (secondary N) is 1. The van der Waals surface area contributed by atoms with Crippen LogP contribution in [-0.2, 0) is 16.6 Å². The minimum atomic E-state index is -3.80. The molecule has 2 rings (SSSR count). The van der Waals surface area contributed by atoms with Crippen LogP contribution in [0.4, 0.5) is 5.69 Å². The highest BCUT2D eigenvalue weighted by molar-refractivity contribution is 7.92. The lowest BCUT2D eigenvalue weighted by Crippen LogP contribution is -2.13. The summed E-state index contributed by atoms with van der Waals surface area (Å²) in [4.78, 5) is -0.0172. The number of aliphatic hydroxyl groups is 1. The molecular weight excluding hydrogens is 290 g/mol. The molecule has 19 heavy (non-hydrogen) atoms. The zero-order valence-electron chi connectivity index (χ0n) is 10.1. The SMILES string of the molecule is Cc1oc(CO)cc1S(=O)(=O)Nc1ccccc1Cl. The second-order valence-corrected chi connectivity index (χ2v) is 5.93. The normalized spacial score (nSPS) is 11.5. The Balaban J connectivity index is 2.38. The minimum absolute atomic E-state index is 0.0172. The average molecular weight is 302 g/mol. The Hall–Kier alpha value is -1.50. The highest BCUT2D eigenvalue weighted by Gasteiger charge is 2.22. The van der Waals surface area contributed by atoms with E-state index in [1.54, 1.807) is 24.3 Å². The number of halogens is 1. The van der Waals surface area contributed by atoms with E-state index in [0.29, 0.717) is 5.02 Å². The first-order valence-electron chi connectivity index (χ1n) is 5.41. The van der Waals surface area contributed by atoms with Crippen molar-refractivity contribution in [2.24, 2.45) is 0 Å². The second-order valence-electron chi connectivity index (χ2n) is 3.88. The van der Waals surface area contributed by atoms with Crippen LogP contribution in [0.5, 0.6) is 0 Å². The molecular formula is C12H12ClNO4S. The molecule has 0 atom stereocenters. The van der Waals surface area contributed by atoms with E-state index in [1.807, 2.05) is 0 Å². The first-order chi connectivity index (χ1) is 8.94. The standard InChI is InChI=1S/C12H12ClNO4S/c1-8-12(6-9(7-15)18-8)19(16,17)14-11-5-3-2-4-10(11)13/h2-6,14-15H,7H2,1H3. The Kier molecular flexibility index (Phi) is 3.84. The van der Waals surface area contributed by atoms with Gasteiger partial charge >= 0.3 is 0 Å². The van der Waals surface area contributed by atoms with Gasteiger partial charge in [0.2, 0.25) is 0 Å². The molecule has 0 unspecified atom stereocenters. The van der Waals surface area contributed by atoms with Crippen LogP contribution in [-0.4, -0.2) is 13.5 Å². The summed E-state index contributed by atoms with van der Waals surface area (Å²) in [7, 11) is -3.80. The van der Waals surface area contributed by atoms with E-state index in [4.69, 9.17) is 21.1 Å². The topological polar surface area (TPSA) is 79.5 Å². The number of anilines is 1. The number of hydrogen-bond donors (Lipinski definition) is 2. The summed E-state index contributed by atoms with van der Waals surface area (Å²) in [5.41, 5.74) is 0.287. The molecule has 0 spiro atoms. The van der Waals surface area contributed by atoms with E-state index in [0.717, 1.165) is 0 Å². The van der Waals surface area contributed by atoms with Crippen LogP contribution in [0, 0.1) is 6.92 Å². The maximum absolute atomic E-state index is 12.2. The molecule has 1 aromatic heterocycles. The maximum atomic E-state index is 12.2. The molecule has 0 saturated heterocycles. The molecule has 0 aliphatic carbocycles. The first kappa shape index (κ1) is 13.9. The molecule has 0 radical (unpaired) electrons. The highest BCUT2D eigenvalue weighted by Crippen LogP contribution is 2.26. The molecule has 0 aliphatic heterocycles. The number of benzene rings is 1. The van der Waals surface area contributed by atoms with Gasteiger partial charge in [0, 0.05) is 6.07 Å². The van der Waals surface area contributed by atoms with Crippen molar-refractivity contribution < 1.29 is 17.9 Å². The minimum Gasteiger partial charge on any atom is -0.462 e. The van der Waals surface area contributed by atoms with Crippen LogP contribution >= 0.6 is 11.6 Å². The van der Waals surface area contributed by atoms with Gasteiger partial charge in [-0.05, 0) is 19.1 Å². The zero-order valence-corrected chi connectivity index (χ0v) is 11.6. The van der Waals surface area contributed by atoms with Crippen molar-refractivity contribution in [1.82, 2.24) is 0 Å². The number of rotatable bonds is 4. The third-order valence-corrected chi connectivity index (χ3v) is 4.29. The van der Waals surface area contributed by atoms with Crippen molar-refractivity contribution in [3.63, 3.8) is 0 Å². The first-order valence-corrected chi connectivity index (χ1v) is 7.27. The van der Waals surface area contributed by atoms with Gasteiger partial charge in [-0.3, -0.25) is 4.72 Å². The number of aliphatic hydroxyl groups excluding tert-OH is 1. The van der Waals surface area contributed by atoms with Crippen molar-refractivity contribution in [1.29, 1.82) is 0 Å². The molecule has 7 heteroatoms. The molecule has 1 heterocycles. The summed E-state index contributed by atoms with van der Waals surface area (Å²) >= 11 is 5.90. The van der Waals surface area contributed by atoms with Crippen molar-refractivity contribution >= 4 is 27.3 Å². The summed E-state index contributed by atoms with van der Waals surface area (Å²) in [6, 6.07) is 7.80. The molecule has 0 aliphatic rings. The summed E-state index contributed by atoms with van der Waals surface area (Å²) in [5, 5.41) is 9.25. The Labute approximate surface area is 115 Å². The van der Waals surface area contributed by atoms with Crippen LogP contribution in [0.15, 0.2) is 39.6 Å². The molecule has 1 aromatic carbocycles. The van der Waals surface area contributed by atoms with Gasteiger partial charge in [-0.1, -0.05) is 23.7 Å².